The lowest BCUT2D eigenvalue weighted by molar-refractivity contribution is -0.138. The van der Waals surface area contributed by atoms with Crippen LogP contribution in [0.2, 0.25) is 0 Å². The number of esters is 2. The number of halogens is 1. The summed E-state index contributed by atoms with van der Waals surface area (Å²) in [5.74, 6) is -1.28. The van der Waals surface area contributed by atoms with Gasteiger partial charge in [0.25, 0.3) is 0 Å². The molecule has 0 atom stereocenters. The van der Waals surface area contributed by atoms with Crippen LogP contribution in [0.1, 0.15) is 36.7 Å². The van der Waals surface area contributed by atoms with Gasteiger partial charge in [-0.3, -0.25) is 0 Å². The third-order valence-electron chi connectivity index (χ3n) is 2.69. The fraction of sp³-hybridized carbons (Fsp3) is 0.412. The molecule has 1 aromatic carbocycles. The molecule has 0 fully saturated rings. The first-order valence-electron chi connectivity index (χ1n) is 7.13. The SMILES string of the molecule is CO/C=C(/Oc1cccc(CBr)c1C(=O)OC(C)(C)C)C(=O)OC. The molecule has 0 bridgehead atoms. The van der Waals surface area contributed by atoms with Crippen molar-refractivity contribution in [3.63, 3.8) is 0 Å². The number of benzene rings is 1. The number of hydrogen-bond donors (Lipinski definition) is 0. The van der Waals surface area contributed by atoms with E-state index in [9.17, 15) is 9.59 Å². The molecule has 1 aromatic rings. The Labute approximate surface area is 149 Å². The topological polar surface area (TPSA) is 71.1 Å². The van der Waals surface area contributed by atoms with Gasteiger partial charge in [-0.1, -0.05) is 28.1 Å². The smallest absolute Gasteiger partial charge is 0.377 e. The van der Waals surface area contributed by atoms with Crippen LogP contribution >= 0.6 is 15.9 Å². The molecular formula is C17H21BrO6. The van der Waals surface area contributed by atoms with E-state index in [1.165, 1.54) is 14.2 Å². The first kappa shape index (κ1) is 20.0. The van der Waals surface area contributed by atoms with Gasteiger partial charge >= 0.3 is 11.9 Å². The summed E-state index contributed by atoms with van der Waals surface area (Å²) in [7, 11) is 2.59. The Morgan fingerprint density at radius 3 is 2.38 bits per heavy atom. The molecular weight excluding hydrogens is 380 g/mol. The Morgan fingerprint density at radius 1 is 1.21 bits per heavy atom. The van der Waals surface area contributed by atoms with Gasteiger partial charge in [-0.25, -0.2) is 9.59 Å². The van der Waals surface area contributed by atoms with E-state index < -0.39 is 17.5 Å². The minimum atomic E-state index is -0.726. The first-order valence-corrected chi connectivity index (χ1v) is 8.26. The second kappa shape index (κ2) is 8.73. The molecule has 0 unspecified atom stereocenters. The largest absolute Gasteiger partial charge is 0.500 e. The zero-order valence-electron chi connectivity index (χ0n) is 14.3. The molecule has 0 aliphatic carbocycles. The number of carbonyl (C=O) groups is 2. The monoisotopic (exact) mass is 400 g/mol. The van der Waals surface area contributed by atoms with Crippen molar-refractivity contribution in [1.29, 1.82) is 0 Å². The van der Waals surface area contributed by atoms with E-state index in [-0.39, 0.29) is 17.1 Å². The fourth-order valence-electron chi connectivity index (χ4n) is 1.77. The lowest BCUT2D eigenvalue weighted by Crippen LogP contribution is -2.25. The molecule has 0 N–H and O–H groups in total. The van der Waals surface area contributed by atoms with Crippen LogP contribution in [-0.2, 0) is 24.3 Å². The Morgan fingerprint density at radius 2 is 1.88 bits per heavy atom. The highest BCUT2D eigenvalue weighted by Crippen LogP contribution is 2.28. The number of carbonyl (C=O) groups excluding carboxylic acids is 2. The van der Waals surface area contributed by atoms with Crippen molar-refractivity contribution in [3.05, 3.63) is 41.3 Å². The summed E-state index contributed by atoms with van der Waals surface area (Å²) >= 11 is 3.34. The molecule has 0 aliphatic rings. The van der Waals surface area contributed by atoms with Crippen LogP contribution in [0.15, 0.2) is 30.2 Å². The van der Waals surface area contributed by atoms with Crippen molar-refractivity contribution in [2.45, 2.75) is 31.7 Å². The van der Waals surface area contributed by atoms with Crippen LogP contribution in [0.4, 0.5) is 0 Å². The molecule has 0 spiro atoms. The number of hydrogen-bond acceptors (Lipinski definition) is 6. The van der Waals surface area contributed by atoms with Crippen molar-refractivity contribution in [3.8, 4) is 5.75 Å². The average Bonchev–Trinajstić information content (AvgIpc) is 2.51. The second-order valence-electron chi connectivity index (χ2n) is 5.74. The Hall–Kier alpha value is -2.02. The first-order chi connectivity index (χ1) is 11.2. The standard InChI is InChI=1S/C17H21BrO6/c1-17(2,3)24-16(20)14-11(9-18)7-6-8-12(14)23-13(10-21-4)15(19)22-5/h6-8,10H,9H2,1-5H3/b13-10+. The maximum absolute atomic E-state index is 12.5. The normalized spacial score (nSPS) is 11.7. The zero-order chi connectivity index (χ0) is 18.3. The van der Waals surface area contributed by atoms with E-state index in [2.05, 4.69) is 20.7 Å². The highest BCUT2D eigenvalue weighted by Gasteiger charge is 2.25. The highest BCUT2D eigenvalue weighted by molar-refractivity contribution is 9.08. The van der Waals surface area contributed by atoms with E-state index in [1.54, 1.807) is 39.0 Å². The number of methoxy groups -OCH3 is 2. The van der Waals surface area contributed by atoms with Crippen molar-refractivity contribution in [1.82, 2.24) is 0 Å². The number of alkyl halides is 1. The predicted octanol–water partition coefficient (Wildman–Crippen LogP) is 3.58. The molecule has 0 saturated heterocycles. The molecule has 0 heterocycles. The Balaban J connectivity index is 3.30. The summed E-state index contributed by atoms with van der Waals surface area (Å²) in [6.45, 7) is 5.31. The van der Waals surface area contributed by atoms with Crippen LogP contribution in [0, 0.1) is 0 Å². The Bertz CT molecular complexity index is 630. The second-order valence-corrected chi connectivity index (χ2v) is 6.30. The van der Waals surface area contributed by atoms with E-state index in [0.29, 0.717) is 10.9 Å². The van der Waals surface area contributed by atoms with Gasteiger partial charge in [0.2, 0.25) is 5.76 Å². The molecule has 24 heavy (non-hydrogen) atoms. The summed E-state index contributed by atoms with van der Waals surface area (Å²) in [6.07, 6.45) is 1.10. The van der Waals surface area contributed by atoms with Gasteiger partial charge < -0.3 is 18.9 Å². The summed E-state index contributed by atoms with van der Waals surface area (Å²) in [5.41, 5.74) is 0.236. The van der Waals surface area contributed by atoms with Gasteiger partial charge in [0.15, 0.2) is 0 Å². The molecule has 0 aliphatic heterocycles. The predicted molar refractivity (Wildman–Crippen MR) is 92.0 cm³/mol. The van der Waals surface area contributed by atoms with E-state index in [4.69, 9.17) is 14.2 Å². The van der Waals surface area contributed by atoms with Crippen LogP contribution in [0.3, 0.4) is 0 Å². The summed E-state index contributed by atoms with van der Waals surface area (Å²) in [4.78, 5) is 24.3. The average molecular weight is 401 g/mol. The molecule has 1 rings (SSSR count). The maximum atomic E-state index is 12.5. The zero-order valence-corrected chi connectivity index (χ0v) is 15.9. The summed E-state index contributed by atoms with van der Waals surface area (Å²) in [5, 5.41) is 0.417. The van der Waals surface area contributed by atoms with Crippen molar-refractivity contribution in [2.75, 3.05) is 14.2 Å². The van der Waals surface area contributed by atoms with Crippen molar-refractivity contribution in [2.24, 2.45) is 0 Å². The highest BCUT2D eigenvalue weighted by atomic mass is 79.9. The van der Waals surface area contributed by atoms with E-state index >= 15 is 0 Å². The van der Waals surface area contributed by atoms with Crippen molar-refractivity contribution >= 4 is 27.9 Å². The summed E-state index contributed by atoms with van der Waals surface area (Å²) < 4.78 is 20.4. The summed E-state index contributed by atoms with van der Waals surface area (Å²) in [6, 6.07) is 5.04. The van der Waals surface area contributed by atoms with Crippen LogP contribution < -0.4 is 4.74 Å². The third kappa shape index (κ3) is 5.56. The Kier molecular flexibility index (Phi) is 7.28. The van der Waals surface area contributed by atoms with E-state index in [1.807, 2.05) is 0 Å². The minimum absolute atomic E-state index is 0.176. The van der Waals surface area contributed by atoms with Crippen molar-refractivity contribution < 1.29 is 28.5 Å². The quantitative estimate of drug-likeness (QED) is 0.314. The van der Waals surface area contributed by atoms with Crippen LogP contribution in [0.5, 0.6) is 5.75 Å². The van der Waals surface area contributed by atoms with Gasteiger partial charge in [-0.15, -0.1) is 0 Å². The minimum Gasteiger partial charge on any atom is -0.500 e. The van der Waals surface area contributed by atoms with E-state index in [0.717, 1.165) is 6.26 Å². The third-order valence-corrected chi connectivity index (χ3v) is 3.29. The van der Waals surface area contributed by atoms with Crippen LogP contribution in [0.25, 0.3) is 0 Å². The van der Waals surface area contributed by atoms with Gasteiger partial charge in [0.1, 0.15) is 23.2 Å². The van der Waals surface area contributed by atoms with Gasteiger partial charge in [0, 0.05) is 5.33 Å². The molecule has 6 nitrogen and oxygen atoms in total. The molecule has 7 heteroatoms. The van der Waals surface area contributed by atoms with Crippen LogP contribution in [-0.4, -0.2) is 31.8 Å². The number of rotatable bonds is 6. The number of ether oxygens (including phenoxy) is 4. The fourth-order valence-corrected chi connectivity index (χ4v) is 2.24. The molecule has 0 radical (unpaired) electrons. The van der Waals surface area contributed by atoms with Gasteiger partial charge in [-0.2, -0.15) is 0 Å². The lowest BCUT2D eigenvalue weighted by atomic mass is 10.1. The van der Waals surface area contributed by atoms with Gasteiger partial charge in [0.05, 0.1) is 14.2 Å². The lowest BCUT2D eigenvalue weighted by Gasteiger charge is -2.21. The maximum Gasteiger partial charge on any atom is 0.377 e. The van der Waals surface area contributed by atoms with Gasteiger partial charge in [-0.05, 0) is 32.4 Å². The molecule has 0 amide bonds. The molecule has 0 aromatic heterocycles. The molecule has 132 valence electrons. The molecule has 0 saturated carbocycles.